The monoisotopic (exact) mass is 320 g/mol. The third kappa shape index (κ3) is 2.55. The largest absolute Gasteiger partial charge is 0.468 e. The van der Waals surface area contributed by atoms with Gasteiger partial charge in [-0.2, -0.15) is 0 Å². The summed E-state index contributed by atoms with van der Waals surface area (Å²) in [5, 5.41) is 7.67. The Labute approximate surface area is 111 Å². The fourth-order valence-corrected chi connectivity index (χ4v) is 2.37. The van der Waals surface area contributed by atoms with Gasteiger partial charge in [-0.05, 0) is 12.1 Å². The topological polar surface area (TPSA) is 55.1 Å². The lowest BCUT2D eigenvalue weighted by Crippen LogP contribution is -2.20. The lowest BCUT2D eigenvalue weighted by atomic mass is 10.3. The molecule has 0 bridgehead atoms. The highest BCUT2D eigenvalue weighted by Crippen LogP contribution is 2.19. The lowest BCUT2D eigenvalue weighted by molar-refractivity contribution is -0.141. The maximum Gasteiger partial charge on any atom is 0.325 e. The summed E-state index contributed by atoms with van der Waals surface area (Å²) in [6.45, 7) is -0.143. The standard InChI is InChI=1S/C10H9FN2O2S.BrH/c1-15-8(14)5-13-9-6(11)3-2-4-7(9)16-10(13)12;/h2-4,12H,5H2,1H3;1H. The zero-order chi connectivity index (χ0) is 11.7. The molecule has 1 aromatic carbocycles. The molecule has 0 unspecified atom stereocenters. The second kappa shape index (κ2) is 5.42. The first-order valence-electron chi connectivity index (χ1n) is 4.52. The van der Waals surface area contributed by atoms with Crippen LogP contribution < -0.4 is 4.80 Å². The Bertz CT molecular complexity index is 608. The molecule has 0 aliphatic rings. The summed E-state index contributed by atoms with van der Waals surface area (Å²) in [7, 11) is 1.26. The van der Waals surface area contributed by atoms with Crippen LogP contribution in [0, 0.1) is 11.2 Å². The van der Waals surface area contributed by atoms with Crippen molar-refractivity contribution in [2.75, 3.05) is 7.11 Å². The zero-order valence-corrected chi connectivity index (χ0v) is 11.4. The number of hydrogen-bond donors (Lipinski definition) is 1. The summed E-state index contributed by atoms with van der Waals surface area (Å²) in [4.78, 5) is 11.3. The van der Waals surface area contributed by atoms with E-state index in [1.54, 1.807) is 12.1 Å². The molecule has 0 spiro atoms. The minimum atomic E-state index is -0.499. The van der Waals surface area contributed by atoms with Crippen LogP contribution in [0.25, 0.3) is 10.2 Å². The van der Waals surface area contributed by atoms with Gasteiger partial charge >= 0.3 is 5.97 Å². The third-order valence-electron chi connectivity index (χ3n) is 2.19. The van der Waals surface area contributed by atoms with Gasteiger partial charge in [0.25, 0.3) is 0 Å². The summed E-state index contributed by atoms with van der Waals surface area (Å²) in [5.41, 5.74) is 0.280. The van der Waals surface area contributed by atoms with Crippen LogP contribution in [-0.4, -0.2) is 17.6 Å². The minimum absolute atomic E-state index is 0. The van der Waals surface area contributed by atoms with Gasteiger partial charge in [-0.1, -0.05) is 17.4 Å². The number of thiazole rings is 1. The molecule has 0 saturated heterocycles. The van der Waals surface area contributed by atoms with E-state index in [4.69, 9.17) is 5.41 Å². The maximum absolute atomic E-state index is 13.6. The molecule has 0 saturated carbocycles. The third-order valence-corrected chi connectivity index (χ3v) is 3.15. The number of methoxy groups -OCH3 is 1. The number of ether oxygens (including phenoxy) is 1. The molecule has 0 radical (unpaired) electrons. The fourth-order valence-electron chi connectivity index (χ4n) is 1.45. The number of carbonyl (C=O) groups is 1. The van der Waals surface area contributed by atoms with Gasteiger partial charge in [-0.3, -0.25) is 10.2 Å². The van der Waals surface area contributed by atoms with Crippen LogP contribution in [-0.2, 0) is 16.1 Å². The molecular formula is C10H10BrFN2O2S. The zero-order valence-electron chi connectivity index (χ0n) is 8.90. The second-order valence-electron chi connectivity index (χ2n) is 3.16. The van der Waals surface area contributed by atoms with E-state index in [0.717, 1.165) is 11.3 Å². The summed E-state index contributed by atoms with van der Waals surface area (Å²) in [6.07, 6.45) is 0. The minimum Gasteiger partial charge on any atom is -0.468 e. The van der Waals surface area contributed by atoms with E-state index in [1.165, 1.54) is 17.7 Å². The highest BCUT2D eigenvalue weighted by molar-refractivity contribution is 8.93. The molecule has 0 fully saturated rings. The first-order valence-corrected chi connectivity index (χ1v) is 5.34. The van der Waals surface area contributed by atoms with Crippen molar-refractivity contribution in [3.63, 3.8) is 0 Å². The number of para-hydroxylation sites is 1. The van der Waals surface area contributed by atoms with E-state index in [0.29, 0.717) is 4.70 Å². The number of benzene rings is 1. The molecule has 17 heavy (non-hydrogen) atoms. The Kier molecular flexibility index (Phi) is 4.41. The molecule has 0 aliphatic carbocycles. The fraction of sp³-hybridized carbons (Fsp3) is 0.200. The van der Waals surface area contributed by atoms with Crippen molar-refractivity contribution in [2.24, 2.45) is 0 Å². The van der Waals surface area contributed by atoms with Crippen LogP contribution in [0.5, 0.6) is 0 Å². The summed E-state index contributed by atoms with van der Waals surface area (Å²) >= 11 is 1.13. The number of hydrogen-bond acceptors (Lipinski definition) is 4. The van der Waals surface area contributed by atoms with Gasteiger partial charge in [-0.15, -0.1) is 17.0 Å². The van der Waals surface area contributed by atoms with Crippen LogP contribution in [0.4, 0.5) is 4.39 Å². The molecule has 1 aromatic heterocycles. The van der Waals surface area contributed by atoms with Crippen molar-refractivity contribution >= 4 is 44.5 Å². The number of nitrogens with zero attached hydrogens (tertiary/aromatic N) is 1. The molecule has 0 aliphatic heterocycles. The highest BCUT2D eigenvalue weighted by Gasteiger charge is 2.12. The number of esters is 1. The van der Waals surface area contributed by atoms with Crippen molar-refractivity contribution in [2.45, 2.75) is 6.54 Å². The Balaban J connectivity index is 0.00000144. The number of rotatable bonds is 2. The van der Waals surface area contributed by atoms with E-state index in [-0.39, 0.29) is 33.8 Å². The first kappa shape index (κ1) is 13.9. The Hall–Kier alpha value is -1.21. The molecular weight excluding hydrogens is 311 g/mol. The van der Waals surface area contributed by atoms with Crippen LogP contribution in [0.3, 0.4) is 0 Å². The van der Waals surface area contributed by atoms with Crippen molar-refractivity contribution in [3.8, 4) is 0 Å². The van der Waals surface area contributed by atoms with Gasteiger partial charge in [0.2, 0.25) is 0 Å². The highest BCUT2D eigenvalue weighted by atomic mass is 79.9. The van der Waals surface area contributed by atoms with Crippen LogP contribution in [0.1, 0.15) is 0 Å². The first-order chi connectivity index (χ1) is 7.63. The number of halogens is 2. The number of aromatic nitrogens is 1. The molecule has 92 valence electrons. The molecule has 0 atom stereocenters. The number of carbonyl (C=O) groups excluding carboxylic acids is 1. The SMILES string of the molecule is Br.COC(=O)Cn1c(=N)sc2cccc(F)c21. The van der Waals surface area contributed by atoms with E-state index in [9.17, 15) is 9.18 Å². The molecule has 1 N–H and O–H groups in total. The summed E-state index contributed by atoms with van der Waals surface area (Å²) in [5.74, 6) is -0.933. The van der Waals surface area contributed by atoms with Crippen LogP contribution in [0.2, 0.25) is 0 Å². The average Bonchev–Trinajstić information content (AvgIpc) is 2.56. The Morgan fingerprint density at radius 3 is 2.94 bits per heavy atom. The second-order valence-corrected chi connectivity index (χ2v) is 4.19. The lowest BCUT2D eigenvalue weighted by Gasteiger charge is -2.03. The molecule has 2 aromatic rings. The van der Waals surface area contributed by atoms with E-state index < -0.39 is 11.8 Å². The van der Waals surface area contributed by atoms with Crippen molar-refractivity contribution in [3.05, 3.63) is 28.8 Å². The van der Waals surface area contributed by atoms with Crippen molar-refractivity contribution in [1.29, 1.82) is 5.41 Å². The molecule has 4 nitrogen and oxygen atoms in total. The molecule has 1 heterocycles. The predicted molar refractivity (Wildman–Crippen MR) is 68.0 cm³/mol. The van der Waals surface area contributed by atoms with E-state index >= 15 is 0 Å². The average molecular weight is 321 g/mol. The predicted octanol–water partition coefficient (Wildman–Crippen LogP) is 2.07. The number of fused-ring (bicyclic) bond motifs is 1. The summed E-state index contributed by atoms with van der Waals surface area (Å²) < 4.78 is 20.0. The molecule has 2 rings (SSSR count). The summed E-state index contributed by atoms with van der Waals surface area (Å²) in [6, 6.07) is 4.60. The van der Waals surface area contributed by atoms with E-state index in [1.807, 2.05) is 0 Å². The van der Waals surface area contributed by atoms with Gasteiger partial charge in [-0.25, -0.2) is 4.39 Å². The van der Waals surface area contributed by atoms with Gasteiger partial charge in [0.1, 0.15) is 12.4 Å². The van der Waals surface area contributed by atoms with Crippen molar-refractivity contribution < 1.29 is 13.9 Å². The van der Waals surface area contributed by atoms with Gasteiger partial charge < -0.3 is 9.30 Å². The smallest absolute Gasteiger partial charge is 0.325 e. The molecule has 7 heteroatoms. The Morgan fingerprint density at radius 1 is 1.59 bits per heavy atom. The maximum atomic E-state index is 13.6. The normalized spacial score (nSPS) is 10.0. The van der Waals surface area contributed by atoms with Crippen molar-refractivity contribution in [1.82, 2.24) is 4.57 Å². The van der Waals surface area contributed by atoms with Gasteiger partial charge in [0, 0.05) is 0 Å². The van der Waals surface area contributed by atoms with Crippen LogP contribution >= 0.6 is 28.3 Å². The Morgan fingerprint density at radius 2 is 2.29 bits per heavy atom. The van der Waals surface area contributed by atoms with E-state index in [2.05, 4.69) is 4.74 Å². The van der Waals surface area contributed by atoms with Gasteiger partial charge in [0.05, 0.1) is 17.3 Å². The molecule has 0 amide bonds. The quantitative estimate of drug-likeness (QED) is 0.861. The van der Waals surface area contributed by atoms with Crippen LogP contribution in [0.15, 0.2) is 18.2 Å². The van der Waals surface area contributed by atoms with Gasteiger partial charge in [0.15, 0.2) is 4.80 Å². The number of nitrogens with one attached hydrogen (secondary N) is 1.